The van der Waals surface area contributed by atoms with E-state index in [0.717, 1.165) is 70.0 Å². The van der Waals surface area contributed by atoms with E-state index in [1.807, 2.05) is 82.3 Å². The maximum atomic E-state index is 13.8. The summed E-state index contributed by atoms with van der Waals surface area (Å²) in [4.78, 5) is 43.2. The minimum Gasteiger partial charge on any atom is -0.322 e. The first kappa shape index (κ1) is 28.8. The second-order valence-corrected chi connectivity index (χ2v) is 12.6. The Morgan fingerprint density at radius 3 is 2.47 bits per heavy atom. The average Bonchev–Trinajstić information content (AvgIpc) is 3.49. The zero-order valence-corrected chi connectivity index (χ0v) is 26.2. The molecule has 1 fully saturated rings. The van der Waals surface area contributed by atoms with Crippen molar-refractivity contribution in [3.8, 4) is 5.00 Å². The number of hydrogen-bond acceptors (Lipinski definition) is 5. The van der Waals surface area contributed by atoms with Crippen molar-refractivity contribution in [1.29, 1.82) is 0 Å². The van der Waals surface area contributed by atoms with Gasteiger partial charge >= 0.3 is 0 Å². The van der Waals surface area contributed by atoms with E-state index in [4.69, 9.17) is 12.2 Å². The third-order valence-corrected chi connectivity index (χ3v) is 9.80. The molecule has 2 aliphatic rings. The summed E-state index contributed by atoms with van der Waals surface area (Å²) in [6.45, 7) is 7.90. The second kappa shape index (κ2) is 11.4. The predicted molar refractivity (Wildman–Crippen MR) is 176 cm³/mol. The van der Waals surface area contributed by atoms with Gasteiger partial charge in [0.25, 0.3) is 17.7 Å². The molecule has 2 N–H and O–H groups in total. The topological polar surface area (TPSA) is 83.4 Å². The van der Waals surface area contributed by atoms with E-state index in [1.54, 1.807) is 17.4 Å². The standard InChI is InChI=1S/C34H32N4O3S2/c1-19-14-15-25(16-20(19)2)38-32(41)27(30(39)36-34(38)42)18-23-17-21(3)37(22(23)4)33-29(26-12-8-9-13-28(26)43-33)31(40)35-24-10-6-5-7-11-24/h5-7,10-11,14-18H,8-9,12-13H2,1-4H3,(H,35,40)(H,36,39,42)/b27-18+. The summed E-state index contributed by atoms with van der Waals surface area (Å²) in [6, 6.07) is 17.1. The quantitative estimate of drug-likeness (QED) is 0.149. The number of amides is 3. The number of para-hydroxylation sites is 1. The molecule has 1 aliphatic heterocycles. The fourth-order valence-corrected chi connectivity index (χ4v) is 7.59. The van der Waals surface area contributed by atoms with Crippen LogP contribution in [0.25, 0.3) is 11.1 Å². The van der Waals surface area contributed by atoms with E-state index in [1.165, 1.54) is 9.78 Å². The molecular weight excluding hydrogens is 577 g/mol. The Labute approximate surface area is 260 Å². The molecule has 3 amide bonds. The van der Waals surface area contributed by atoms with Crippen LogP contribution < -0.4 is 15.5 Å². The van der Waals surface area contributed by atoms with Crippen LogP contribution in [0.5, 0.6) is 0 Å². The van der Waals surface area contributed by atoms with E-state index in [-0.39, 0.29) is 16.6 Å². The number of carbonyl (C=O) groups is 3. The molecule has 0 saturated carbocycles. The Hall–Kier alpha value is -4.34. The van der Waals surface area contributed by atoms with Crippen LogP contribution >= 0.6 is 23.6 Å². The van der Waals surface area contributed by atoms with Gasteiger partial charge in [0, 0.05) is 22.0 Å². The van der Waals surface area contributed by atoms with E-state index < -0.39 is 11.8 Å². The van der Waals surface area contributed by atoms with Crippen LogP contribution in [0, 0.1) is 27.7 Å². The Morgan fingerprint density at radius 1 is 0.977 bits per heavy atom. The van der Waals surface area contributed by atoms with Crippen molar-refractivity contribution in [1.82, 2.24) is 9.88 Å². The monoisotopic (exact) mass is 608 g/mol. The molecular formula is C34H32N4O3S2. The third kappa shape index (κ3) is 5.23. The smallest absolute Gasteiger partial charge is 0.270 e. The number of aromatic nitrogens is 1. The maximum Gasteiger partial charge on any atom is 0.270 e. The Morgan fingerprint density at radius 2 is 1.72 bits per heavy atom. The van der Waals surface area contributed by atoms with Gasteiger partial charge in [0.2, 0.25) is 0 Å². The number of carbonyl (C=O) groups excluding carboxylic acids is 3. The van der Waals surface area contributed by atoms with Crippen molar-refractivity contribution in [3.63, 3.8) is 0 Å². The average molecular weight is 609 g/mol. The maximum absolute atomic E-state index is 13.8. The normalized spacial score (nSPS) is 16.0. The van der Waals surface area contributed by atoms with Gasteiger partial charge < -0.3 is 9.88 Å². The van der Waals surface area contributed by atoms with Gasteiger partial charge in [-0.15, -0.1) is 11.3 Å². The number of rotatable bonds is 5. The van der Waals surface area contributed by atoms with Crippen molar-refractivity contribution in [2.75, 3.05) is 10.2 Å². The minimum absolute atomic E-state index is 0.000374. The van der Waals surface area contributed by atoms with Crippen molar-refractivity contribution in [2.24, 2.45) is 0 Å². The molecule has 6 rings (SSSR count). The number of thiophene rings is 1. The molecule has 9 heteroatoms. The number of anilines is 2. The summed E-state index contributed by atoms with van der Waals surface area (Å²) in [5.41, 5.74) is 7.74. The molecule has 43 heavy (non-hydrogen) atoms. The summed E-state index contributed by atoms with van der Waals surface area (Å²) in [5.74, 6) is -1.14. The molecule has 1 aliphatic carbocycles. The van der Waals surface area contributed by atoms with Crippen LogP contribution in [-0.2, 0) is 22.4 Å². The van der Waals surface area contributed by atoms with E-state index in [2.05, 4.69) is 15.2 Å². The van der Waals surface area contributed by atoms with Crippen LogP contribution in [0.3, 0.4) is 0 Å². The lowest BCUT2D eigenvalue weighted by Crippen LogP contribution is -2.54. The fourth-order valence-electron chi connectivity index (χ4n) is 5.82. The number of nitrogens with one attached hydrogen (secondary N) is 2. The van der Waals surface area contributed by atoms with Gasteiger partial charge in [-0.1, -0.05) is 24.3 Å². The van der Waals surface area contributed by atoms with Crippen LogP contribution in [0.1, 0.15) is 61.7 Å². The first-order valence-electron chi connectivity index (χ1n) is 14.3. The van der Waals surface area contributed by atoms with Crippen molar-refractivity contribution < 1.29 is 14.4 Å². The largest absolute Gasteiger partial charge is 0.322 e. The van der Waals surface area contributed by atoms with Crippen LogP contribution in [-0.4, -0.2) is 27.4 Å². The summed E-state index contributed by atoms with van der Waals surface area (Å²) in [5, 5.41) is 6.69. The highest BCUT2D eigenvalue weighted by Gasteiger charge is 2.35. The minimum atomic E-state index is -0.533. The Balaban J connectivity index is 1.41. The van der Waals surface area contributed by atoms with E-state index >= 15 is 0 Å². The number of thiocarbonyl (C=S) groups is 1. The van der Waals surface area contributed by atoms with Crippen molar-refractivity contribution >= 4 is 63.8 Å². The zero-order chi connectivity index (χ0) is 30.4. The number of fused-ring (bicyclic) bond motifs is 1. The number of hydrogen-bond donors (Lipinski definition) is 2. The Kier molecular flexibility index (Phi) is 7.62. The molecule has 0 atom stereocenters. The number of nitrogens with zero attached hydrogens (tertiary/aromatic N) is 2. The number of aryl methyl sites for hydroxylation is 4. The first-order chi connectivity index (χ1) is 20.6. The molecule has 7 nitrogen and oxygen atoms in total. The van der Waals surface area contributed by atoms with Crippen molar-refractivity contribution in [3.05, 3.63) is 104 Å². The van der Waals surface area contributed by atoms with Gasteiger partial charge in [-0.2, -0.15) is 0 Å². The first-order valence-corrected chi connectivity index (χ1v) is 15.6. The van der Waals surface area contributed by atoms with Crippen LogP contribution in [0.2, 0.25) is 0 Å². The summed E-state index contributed by atoms with van der Waals surface area (Å²) >= 11 is 7.06. The van der Waals surface area contributed by atoms with Crippen LogP contribution in [0.15, 0.2) is 60.2 Å². The fraction of sp³-hybridized carbons (Fsp3) is 0.235. The van der Waals surface area contributed by atoms with Gasteiger partial charge in [0.1, 0.15) is 10.6 Å². The third-order valence-electron chi connectivity index (χ3n) is 8.24. The molecule has 0 spiro atoms. The molecule has 2 aromatic carbocycles. The molecule has 0 bridgehead atoms. The van der Waals surface area contributed by atoms with Gasteiger partial charge in [0.15, 0.2) is 5.11 Å². The van der Waals surface area contributed by atoms with Gasteiger partial charge in [-0.3, -0.25) is 24.6 Å². The molecule has 1 saturated heterocycles. The van der Waals surface area contributed by atoms with E-state index in [9.17, 15) is 14.4 Å². The van der Waals surface area contributed by atoms with E-state index in [0.29, 0.717) is 11.3 Å². The lowest BCUT2D eigenvalue weighted by molar-refractivity contribution is -0.122. The highest BCUT2D eigenvalue weighted by atomic mass is 32.1. The second-order valence-electron chi connectivity index (χ2n) is 11.1. The highest BCUT2D eigenvalue weighted by molar-refractivity contribution is 7.80. The van der Waals surface area contributed by atoms with Crippen LogP contribution in [0.4, 0.5) is 11.4 Å². The summed E-state index contributed by atoms with van der Waals surface area (Å²) < 4.78 is 2.08. The highest BCUT2D eigenvalue weighted by Crippen LogP contribution is 2.39. The van der Waals surface area contributed by atoms with Gasteiger partial charge in [-0.25, -0.2) is 0 Å². The van der Waals surface area contributed by atoms with Gasteiger partial charge in [-0.05, 0) is 124 Å². The molecule has 2 aromatic heterocycles. The molecule has 4 aromatic rings. The molecule has 218 valence electrons. The SMILES string of the molecule is Cc1ccc(N2C(=O)/C(=C/c3cc(C)n(-c4sc5c(c4C(=O)Nc4ccccc4)CCCC5)c3C)C(=O)NC2=S)cc1C. The summed E-state index contributed by atoms with van der Waals surface area (Å²) in [6.07, 6.45) is 5.59. The van der Waals surface area contributed by atoms with Crippen molar-refractivity contribution in [2.45, 2.75) is 53.4 Å². The Bertz CT molecular complexity index is 1850. The zero-order valence-electron chi connectivity index (χ0n) is 24.5. The molecule has 3 heterocycles. The predicted octanol–water partition coefficient (Wildman–Crippen LogP) is 6.73. The lowest BCUT2D eigenvalue weighted by Gasteiger charge is -2.29. The number of benzene rings is 2. The summed E-state index contributed by atoms with van der Waals surface area (Å²) in [7, 11) is 0. The molecule has 0 radical (unpaired) electrons. The van der Waals surface area contributed by atoms with Gasteiger partial charge in [0.05, 0.1) is 11.3 Å². The molecule has 0 unspecified atom stereocenters. The lowest BCUT2D eigenvalue weighted by atomic mass is 9.95.